The van der Waals surface area contributed by atoms with Crippen LogP contribution in [0.1, 0.15) is 24.0 Å². The Kier molecular flexibility index (Phi) is 6.59. The molecule has 0 unspecified atom stereocenters. The molecule has 140 valence electrons. The first-order chi connectivity index (χ1) is 12.4. The van der Waals surface area contributed by atoms with Gasteiger partial charge in [-0.2, -0.15) is 0 Å². The lowest BCUT2D eigenvalue weighted by Crippen LogP contribution is -2.32. The van der Waals surface area contributed by atoms with Gasteiger partial charge in [-0.3, -0.25) is 4.90 Å². The maximum absolute atomic E-state index is 12.3. The highest BCUT2D eigenvalue weighted by molar-refractivity contribution is 7.89. The predicted octanol–water partition coefficient (Wildman–Crippen LogP) is 4.11. The lowest BCUT2D eigenvalue weighted by molar-refractivity contribution is 0.249. The quantitative estimate of drug-likeness (QED) is 0.695. The fourth-order valence-electron chi connectivity index (χ4n) is 3.18. The highest BCUT2D eigenvalue weighted by Gasteiger charge is 2.16. The predicted molar refractivity (Wildman–Crippen MR) is 106 cm³/mol. The van der Waals surface area contributed by atoms with Gasteiger partial charge in [0.2, 0.25) is 10.0 Å². The summed E-state index contributed by atoms with van der Waals surface area (Å²) in [5, 5.41) is 0.617. The lowest BCUT2D eigenvalue weighted by Gasteiger charge is -2.28. The third kappa shape index (κ3) is 5.21. The molecule has 2 aromatic rings. The van der Waals surface area contributed by atoms with E-state index >= 15 is 0 Å². The average Bonchev–Trinajstić information content (AvgIpc) is 2.60. The topological polar surface area (TPSA) is 49.4 Å². The van der Waals surface area contributed by atoms with Crippen LogP contribution in [0, 0.1) is 0 Å². The Hall–Kier alpha value is -1.11. The van der Waals surface area contributed by atoms with Gasteiger partial charge in [0, 0.05) is 29.7 Å². The van der Waals surface area contributed by atoms with Gasteiger partial charge < -0.3 is 0 Å². The lowest BCUT2D eigenvalue weighted by atomic mass is 10.00. The second-order valence-corrected chi connectivity index (χ2v) is 9.14. The van der Waals surface area contributed by atoms with Crippen LogP contribution in [0.5, 0.6) is 0 Å². The Balaban J connectivity index is 1.43. The largest absolute Gasteiger partial charge is 0.299 e. The Morgan fingerprint density at radius 3 is 2.42 bits per heavy atom. The molecule has 0 radical (unpaired) electrons. The minimum atomic E-state index is -3.58. The van der Waals surface area contributed by atoms with Gasteiger partial charge in [0.25, 0.3) is 0 Å². The zero-order valence-corrected chi connectivity index (χ0v) is 16.7. The van der Waals surface area contributed by atoms with Gasteiger partial charge in [0.05, 0.1) is 4.90 Å². The summed E-state index contributed by atoms with van der Waals surface area (Å²) >= 11 is 11.8. The number of fused-ring (bicyclic) bond motifs is 1. The fourth-order valence-corrected chi connectivity index (χ4v) is 4.98. The van der Waals surface area contributed by atoms with Gasteiger partial charge in [0.15, 0.2) is 0 Å². The van der Waals surface area contributed by atoms with Gasteiger partial charge in [-0.1, -0.05) is 47.5 Å². The molecule has 1 heterocycles. The Labute approximate surface area is 165 Å². The van der Waals surface area contributed by atoms with Crippen molar-refractivity contribution in [3.8, 4) is 0 Å². The summed E-state index contributed by atoms with van der Waals surface area (Å²) in [5.74, 6) is 0. The van der Waals surface area contributed by atoms with Crippen molar-refractivity contribution in [2.24, 2.45) is 0 Å². The summed E-state index contributed by atoms with van der Waals surface area (Å²) in [7, 11) is -3.58. The second-order valence-electron chi connectivity index (χ2n) is 6.50. The molecule has 0 saturated carbocycles. The summed E-state index contributed by atoms with van der Waals surface area (Å²) in [5.41, 5.74) is 2.84. The number of hydrogen-bond acceptors (Lipinski definition) is 3. The number of rotatable bonds is 7. The van der Waals surface area contributed by atoms with Crippen LogP contribution >= 0.6 is 23.2 Å². The molecule has 0 aliphatic carbocycles. The van der Waals surface area contributed by atoms with E-state index < -0.39 is 10.0 Å². The molecule has 0 aromatic heterocycles. The third-order valence-corrected chi connectivity index (χ3v) is 6.43. The highest BCUT2D eigenvalue weighted by Crippen LogP contribution is 2.22. The number of unbranched alkanes of at least 4 members (excludes halogenated alkanes) is 1. The van der Waals surface area contributed by atoms with E-state index in [1.807, 2.05) is 0 Å². The van der Waals surface area contributed by atoms with Crippen molar-refractivity contribution in [3.63, 3.8) is 0 Å². The Bertz CT molecular complexity index is 851. The summed E-state index contributed by atoms with van der Waals surface area (Å²) in [6.45, 7) is 3.41. The zero-order valence-electron chi connectivity index (χ0n) is 14.4. The van der Waals surface area contributed by atoms with Crippen molar-refractivity contribution >= 4 is 33.2 Å². The first-order valence-electron chi connectivity index (χ1n) is 8.69. The summed E-state index contributed by atoms with van der Waals surface area (Å²) in [4.78, 5) is 2.52. The molecule has 1 aliphatic heterocycles. The molecule has 0 spiro atoms. The number of nitrogens with zero attached hydrogens (tertiary/aromatic N) is 1. The van der Waals surface area contributed by atoms with Crippen LogP contribution in [0.2, 0.25) is 10.0 Å². The van der Waals surface area contributed by atoms with Crippen LogP contribution in [-0.4, -0.2) is 33.0 Å². The molecule has 26 heavy (non-hydrogen) atoms. The zero-order chi connectivity index (χ0) is 18.6. The maximum atomic E-state index is 12.3. The van der Waals surface area contributed by atoms with E-state index in [-0.39, 0.29) is 4.90 Å². The van der Waals surface area contributed by atoms with Gasteiger partial charge >= 0.3 is 0 Å². The van der Waals surface area contributed by atoms with Crippen LogP contribution in [0.3, 0.4) is 0 Å². The smallest absolute Gasteiger partial charge is 0.240 e. The van der Waals surface area contributed by atoms with E-state index in [1.54, 1.807) is 0 Å². The molecular weight excluding hydrogens is 391 g/mol. The molecule has 3 rings (SSSR count). The molecule has 0 saturated heterocycles. The molecule has 0 atom stereocenters. The Morgan fingerprint density at radius 2 is 1.69 bits per heavy atom. The van der Waals surface area contributed by atoms with Crippen molar-refractivity contribution in [3.05, 3.63) is 63.6 Å². The van der Waals surface area contributed by atoms with Crippen molar-refractivity contribution in [2.75, 3.05) is 19.6 Å². The molecule has 1 N–H and O–H groups in total. The van der Waals surface area contributed by atoms with Crippen molar-refractivity contribution < 1.29 is 8.42 Å². The molecule has 0 fully saturated rings. The number of nitrogens with one attached hydrogen (secondary N) is 1. The van der Waals surface area contributed by atoms with Gasteiger partial charge in [-0.15, -0.1) is 0 Å². The number of sulfonamides is 1. The van der Waals surface area contributed by atoms with Crippen molar-refractivity contribution in [2.45, 2.75) is 30.7 Å². The van der Waals surface area contributed by atoms with Gasteiger partial charge in [-0.25, -0.2) is 13.1 Å². The summed E-state index contributed by atoms with van der Waals surface area (Å²) in [6.07, 6.45) is 2.81. The normalized spacial score (nSPS) is 15.0. The highest BCUT2D eigenvalue weighted by atomic mass is 35.5. The first-order valence-corrected chi connectivity index (χ1v) is 10.9. The standard InChI is InChI=1S/C19H22Cl2N2O2S/c20-17-11-18(21)13-19(12-17)26(24,25)22-8-3-4-9-23-10-7-15-5-1-2-6-16(15)14-23/h1-2,5-6,11-13,22H,3-4,7-10,14H2. The minimum Gasteiger partial charge on any atom is -0.299 e. The second kappa shape index (κ2) is 8.72. The van der Waals surface area contributed by atoms with Crippen molar-refractivity contribution in [1.82, 2.24) is 9.62 Å². The van der Waals surface area contributed by atoms with E-state index in [2.05, 4.69) is 33.9 Å². The SMILES string of the molecule is O=S(=O)(NCCCCN1CCc2ccccc2C1)c1cc(Cl)cc(Cl)c1. The average molecular weight is 413 g/mol. The van der Waals surface area contributed by atoms with E-state index in [0.29, 0.717) is 16.6 Å². The first kappa shape index (κ1) is 19.6. The van der Waals surface area contributed by atoms with Crippen LogP contribution in [0.25, 0.3) is 0 Å². The van der Waals surface area contributed by atoms with E-state index in [9.17, 15) is 8.42 Å². The fraction of sp³-hybridized carbons (Fsp3) is 0.368. The monoisotopic (exact) mass is 412 g/mol. The van der Waals surface area contributed by atoms with Gasteiger partial charge in [-0.05, 0) is 55.1 Å². The van der Waals surface area contributed by atoms with Crippen LogP contribution < -0.4 is 4.72 Å². The van der Waals surface area contributed by atoms with Crippen molar-refractivity contribution in [1.29, 1.82) is 0 Å². The molecule has 2 aromatic carbocycles. The molecular formula is C19H22Cl2N2O2S. The molecule has 1 aliphatic rings. The van der Waals surface area contributed by atoms with E-state index in [0.717, 1.165) is 38.9 Å². The summed E-state index contributed by atoms with van der Waals surface area (Å²) in [6, 6.07) is 12.9. The molecule has 7 heteroatoms. The molecule has 4 nitrogen and oxygen atoms in total. The van der Waals surface area contributed by atoms with E-state index in [4.69, 9.17) is 23.2 Å². The van der Waals surface area contributed by atoms with Crippen LogP contribution in [0.15, 0.2) is 47.4 Å². The number of halogens is 2. The van der Waals surface area contributed by atoms with E-state index in [1.165, 1.54) is 29.3 Å². The molecule has 0 amide bonds. The molecule has 0 bridgehead atoms. The summed E-state index contributed by atoms with van der Waals surface area (Å²) < 4.78 is 27.2. The Morgan fingerprint density at radius 1 is 1.00 bits per heavy atom. The van der Waals surface area contributed by atoms with Crippen LogP contribution in [0.4, 0.5) is 0 Å². The minimum absolute atomic E-state index is 0.0997. The maximum Gasteiger partial charge on any atom is 0.240 e. The van der Waals surface area contributed by atoms with Crippen LogP contribution in [-0.2, 0) is 23.0 Å². The van der Waals surface area contributed by atoms with Gasteiger partial charge in [0.1, 0.15) is 0 Å². The number of benzene rings is 2. The number of hydrogen-bond donors (Lipinski definition) is 1. The third-order valence-electron chi connectivity index (χ3n) is 4.55.